The van der Waals surface area contributed by atoms with Crippen molar-refractivity contribution in [2.75, 3.05) is 0 Å². The molecule has 90 valence electrons. The van der Waals surface area contributed by atoms with Gasteiger partial charge in [-0.2, -0.15) is 0 Å². The summed E-state index contributed by atoms with van der Waals surface area (Å²) in [6.45, 7) is 8.01. The molecule has 0 saturated carbocycles. The van der Waals surface area contributed by atoms with Gasteiger partial charge in [-0.05, 0) is 43.5 Å². The number of hydrogen-bond donors (Lipinski definition) is 1. The number of benzene rings is 1. The van der Waals surface area contributed by atoms with Gasteiger partial charge in [0.25, 0.3) is 0 Å². The Balaban J connectivity index is 3.09. The van der Waals surface area contributed by atoms with Crippen LogP contribution in [0, 0.1) is 12.7 Å². The minimum absolute atomic E-state index is 0.123. The Kier molecular flexibility index (Phi) is 4.81. The molecule has 0 bridgehead atoms. The minimum atomic E-state index is -0.166. The van der Waals surface area contributed by atoms with E-state index in [9.17, 15) is 4.39 Å². The average molecular weight is 241 g/mol. The molecule has 16 heavy (non-hydrogen) atoms. The second-order valence-electron chi connectivity index (χ2n) is 4.26. The van der Waals surface area contributed by atoms with Crippen molar-refractivity contribution in [1.82, 2.24) is 0 Å². The molecule has 2 atom stereocenters. The summed E-state index contributed by atoms with van der Waals surface area (Å²) in [7, 11) is 0. The fourth-order valence-corrected chi connectivity index (χ4v) is 2.65. The molecule has 1 aromatic rings. The predicted molar refractivity (Wildman–Crippen MR) is 69.3 cm³/mol. The summed E-state index contributed by atoms with van der Waals surface area (Å²) in [5.74, 6) is -0.166. The number of halogens is 1. The lowest BCUT2D eigenvalue weighted by Crippen LogP contribution is -2.08. The first-order valence-corrected chi connectivity index (χ1v) is 6.56. The zero-order valence-electron chi connectivity index (χ0n) is 10.4. The zero-order chi connectivity index (χ0) is 12.3. The largest absolute Gasteiger partial charge is 0.324 e. The van der Waals surface area contributed by atoms with Gasteiger partial charge in [-0.3, -0.25) is 0 Å². The molecular weight excluding hydrogens is 221 g/mol. The fourth-order valence-electron chi connectivity index (χ4n) is 1.43. The van der Waals surface area contributed by atoms with Gasteiger partial charge in [0, 0.05) is 16.2 Å². The van der Waals surface area contributed by atoms with Gasteiger partial charge in [0.1, 0.15) is 5.82 Å². The summed E-state index contributed by atoms with van der Waals surface area (Å²) in [5.41, 5.74) is 7.47. The van der Waals surface area contributed by atoms with Crippen LogP contribution in [-0.4, -0.2) is 5.25 Å². The molecule has 0 aliphatic rings. The van der Waals surface area contributed by atoms with Crippen molar-refractivity contribution in [3.63, 3.8) is 0 Å². The molecule has 0 aliphatic carbocycles. The van der Waals surface area contributed by atoms with Crippen LogP contribution >= 0.6 is 11.8 Å². The molecule has 0 aliphatic heterocycles. The molecule has 0 heterocycles. The summed E-state index contributed by atoms with van der Waals surface area (Å²) in [6, 6.07) is 3.36. The Hall–Kier alpha value is -0.540. The van der Waals surface area contributed by atoms with Gasteiger partial charge in [0.15, 0.2) is 0 Å². The summed E-state index contributed by atoms with van der Waals surface area (Å²) in [5, 5.41) is 0.530. The monoisotopic (exact) mass is 241 g/mol. The van der Waals surface area contributed by atoms with E-state index in [0.717, 1.165) is 16.9 Å². The third kappa shape index (κ3) is 3.22. The molecule has 1 aromatic carbocycles. The van der Waals surface area contributed by atoms with Crippen LogP contribution in [0.4, 0.5) is 4.39 Å². The normalized spacial score (nSPS) is 14.9. The van der Waals surface area contributed by atoms with E-state index in [4.69, 9.17) is 5.73 Å². The molecule has 1 rings (SSSR count). The molecule has 0 fully saturated rings. The minimum Gasteiger partial charge on any atom is -0.324 e. The molecular formula is C13H20FNS. The van der Waals surface area contributed by atoms with E-state index in [-0.39, 0.29) is 11.9 Å². The number of rotatable bonds is 4. The Morgan fingerprint density at radius 3 is 2.50 bits per heavy atom. The highest BCUT2D eigenvalue weighted by Crippen LogP contribution is 2.32. The first-order chi connectivity index (χ1) is 7.45. The van der Waals surface area contributed by atoms with Crippen LogP contribution in [0.3, 0.4) is 0 Å². The number of nitrogens with two attached hydrogens (primary N) is 1. The number of hydrogen-bond acceptors (Lipinski definition) is 2. The fraction of sp³-hybridized carbons (Fsp3) is 0.538. The van der Waals surface area contributed by atoms with Gasteiger partial charge in [0.2, 0.25) is 0 Å². The first kappa shape index (κ1) is 13.5. The van der Waals surface area contributed by atoms with Crippen LogP contribution in [0.2, 0.25) is 0 Å². The van der Waals surface area contributed by atoms with Gasteiger partial charge >= 0.3 is 0 Å². The van der Waals surface area contributed by atoms with E-state index < -0.39 is 0 Å². The van der Waals surface area contributed by atoms with Gasteiger partial charge in [-0.25, -0.2) is 4.39 Å². The highest BCUT2D eigenvalue weighted by molar-refractivity contribution is 8.00. The van der Waals surface area contributed by atoms with Crippen LogP contribution < -0.4 is 5.73 Å². The lowest BCUT2D eigenvalue weighted by Gasteiger charge is -2.16. The van der Waals surface area contributed by atoms with Gasteiger partial charge in [-0.15, -0.1) is 11.8 Å². The van der Waals surface area contributed by atoms with Gasteiger partial charge in [-0.1, -0.05) is 13.8 Å². The SMILES string of the molecule is CCC(C)Sc1cc(C)c(F)cc1[C@H](C)N. The molecule has 0 saturated heterocycles. The zero-order valence-corrected chi connectivity index (χ0v) is 11.2. The van der Waals surface area contributed by atoms with Crippen LogP contribution in [-0.2, 0) is 0 Å². The summed E-state index contributed by atoms with van der Waals surface area (Å²) in [6.07, 6.45) is 1.10. The average Bonchev–Trinajstić information content (AvgIpc) is 2.22. The van der Waals surface area contributed by atoms with Crippen molar-refractivity contribution in [3.8, 4) is 0 Å². The molecule has 0 amide bonds. The molecule has 0 aromatic heterocycles. The lowest BCUT2D eigenvalue weighted by atomic mass is 10.1. The van der Waals surface area contributed by atoms with E-state index in [1.807, 2.05) is 13.0 Å². The van der Waals surface area contributed by atoms with Crippen molar-refractivity contribution >= 4 is 11.8 Å². The first-order valence-electron chi connectivity index (χ1n) is 5.68. The second-order valence-corrected chi connectivity index (χ2v) is 5.74. The maximum absolute atomic E-state index is 13.5. The van der Waals surface area contributed by atoms with Crippen molar-refractivity contribution in [3.05, 3.63) is 29.1 Å². The smallest absolute Gasteiger partial charge is 0.126 e. The van der Waals surface area contributed by atoms with Crippen LogP contribution in [0.25, 0.3) is 0 Å². The Labute approximate surface area is 102 Å². The van der Waals surface area contributed by atoms with Crippen LogP contribution in [0.5, 0.6) is 0 Å². The second kappa shape index (κ2) is 5.69. The van der Waals surface area contributed by atoms with Crippen molar-refractivity contribution in [2.24, 2.45) is 5.73 Å². The van der Waals surface area contributed by atoms with Gasteiger partial charge in [0.05, 0.1) is 0 Å². The summed E-state index contributed by atoms with van der Waals surface area (Å²) < 4.78 is 13.5. The maximum atomic E-state index is 13.5. The van der Waals surface area contributed by atoms with E-state index in [0.29, 0.717) is 10.8 Å². The topological polar surface area (TPSA) is 26.0 Å². The molecule has 3 heteroatoms. The Bertz CT molecular complexity index is 363. The Morgan fingerprint density at radius 1 is 1.38 bits per heavy atom. The van der Waals surface area contributed by atoms with E-state index in [1.54, 1.807) is 24.8 Å². The van der Waals surface area contributed by atoms with E-state index in [2.05, 4.69) is 13.8 Å². The maximum Gasteiger partial charge on any atom is 0.126 e. The summed E-state index contributed by atoms with van der Waals surface area (Å²) in [4.78, 5) is 1.11. The third-order valence-corrected chi connectivity index (χ3v) is 4.03. The quantitative estimate of drug-likeness (QED) is 0.805. The van der Waals surface area contributed by atoms with Crippen LogP contribution in [0.15, 0.2) is 17.0 Å². The van der Waals surface area contributed by atoms with Crippen molar-refractivity contribution in [1.29, 1.82) is 0 Å². The van der Waals surface area contributed by atoms with E-state index >= 15 is 0 Å². The number of thioether (sulfide) groups is 1. The highest BCUT2D eigenvalue weighted by atomic mass is 32.2. The molecule has 2 N–H and O–H groups in total. The van der Waals surface area contributed by atoms with Gasteiger partial charge < -0.3 is 5.73 Å². The van der Waals surface area contributed by atoms with Crippen molar-refractivity contribution < 1.29 is 4.39 Å². The standard InChI is InChI=1S/C13H20FNS/c1-5-9(3)16-13-6-8(2)12(14)7-11(13)10(4)15/h6-7,9-10H,5,15H2,1-4H3/t9?,10-/m0/s1. The molecule has 1 nitrogen and oxygen atoms in total. The molecule has 0 spiro atoms. The van der Waals surface area contributed by atoms with E-state index in [1.165, 1.54) is 0 Å². The third-order valence-electron chi connectivity index (χ3n) is 2.68. The predicted octanol–water partition coefficient (Wildman–Crippen LogP) is 4.04. The Morgan fingerprint density at radius 2 is 2.00 bits per heavy atom. The summed E-state index contributed by atoms with van der Waals surface area (Å²) >= 11 is 1.77. The van der Waals surface area contributed by atoms with Crippen LogP contribution in [0.1, 0.15) is 44.4 Å². The molecule has 0 radical (unpaired) electrons. The number of aryl methyl sites for hydroxylation is 1. The van der Waals surface area contributed by atoms with Crippen molar-refractivity contribution in [2.45, 2.75) is 50.3 Å². The highest BCUT2D eigenvalue weighted by Gasteiger charge is 2.13. The molecule has 1 unspecified atom stereocenters. The lowest BCUT2D eigenvalue weighted by molar-refractivity contribution is 0.610.